The van der Waals surface area contributed by atoms with Crippen molar-refractivity contribution in [2.45, 2.75) is 6.10 Å². The van der Waals surface area contributed by atoms with Crippen molar-refractivity contribution in [3.8, 4) is 0 Å². The van der Waals surface area contributed by atoms with Crippen LogP contribution in [0.25, 0.3) is 10.9 Å². The van der Waals surface area contributed by atoms with Crippen LogP contribution < -0.4 is 0 Å². The molecular weight excluding hydrogens is 232 g/mol. The molecule has 5 heteroatoms. The van der Waals surface area contributed by atoms with E-state index in [-0.39, 0.29) is 19.1 Å². The quantitative estimate of drug-likeness (QED) is 0.814. The molecule has 1 aliphatic heterocycles. The smallest absolute Gasteiger partial charge is 0.279 e. The van der Waals surface area contributed by atoms with Crippen LogP contribution in [0, 0.1) is 0 Å². The van der Waals surface area contributed by atoms with E-state index in [9.17, 15) is 9.90 Å². The van der Waals surface area contributed by atoms with Gasteiger partial charge < -0.3 is 9.67 Å². The summed E-state index contributed by atoms with van der Waals surface area (Å²) in [4.78, 5) is 17.5. The van der Waals surface area contributed by atoms with Crippen molar-refractivity contribution >= 4 is 16.8 Å². The first kappa shape index (κ1) is 11.3. The number of rotatable bonds is 1. The number of carbonyl (C=O) groups excluding carboxylic acids is 1. The molecule has 0 bridgehead atoms. The maximum atomic E-state index is 12.3. The highest BCUT2D eigenvalue weighted by molar-refractivity contribution is 6.06. The Hall–Kier alpha value is -1.85. The summed E-state index contributed by atoms with van der Waals surface area (Å²) < 4.78 is 1.91. The molecule has 3 rings (SSSR count). The highest BCUT2D eigenvalue weighted by Crippen LogP contribution is 2.22. The van der Waals surface area contributed by atoms with Crippen molar-refractivity contribution in [2.75, 3.05) is 13.2 Å². The number of β-amino-alcohol motifs (C(OH)–C–C–N with tert-alkyl or cyclic N) is 1. The summed E-state index contributed by atoms with van der Waals surface area (Å²) in [6.45, 7) is 0.401. The van der Waals surface area contributed by atoms with Gasteiger partial charge in [-0.3, -0.25) is 9.63 Å². The number of amides is 1. The Morgan fingerprint density at radius 1 is 1.44 bits per heavy atom. The summed E-state index contributed by atoms with van der Waals surface area (Å²) >= 11 is 0. The number of aromatic nitrogens is 1. The summed E-state index contributed by atoms with van der Waals surface area (Å²) in [6.07, 6.45) is 1.20. The number of aryl methyl sites for hydroxylation is 1. The van der Waals surface area contributed by atoms with Crippen LogP contribution in [0.1, 0.15) is 10.4 Å². The molecule has 1 fully saturated rings. The average molecular weight is 246 g/mol. The number of nitrogens with zero attached hydrogens (tertiary/aromatic N) is 2. The molecular formula is C13H14N2O3. The van der Waals surface area contributed by atoms with Gasteiger partial charge in [-0.05, 0) is 6.07 Å². The van der Waals surface area contributed by atoms with E-state index >= 15 is 0 Å². The summed E-state index contributed by atoms with van der Waals surface area (Å²) in [5, 5.41) is 11.5. The van der Waals surface area contributed by atoms with Crippen LogP contribution in [-0.4, -0.2) is 39.9 Å². The number of hydrogen-bond acceptors (Lipinski definition) is 3. The second-order valence-corrected chi connectivity index (χ2v) is 4.49. The molecule has 0 saturated carbocycles. The normalized spacial score (nSPS) is 19.7. The van der Waals surface area contributed by atoms with Crippen LogP contribution in [0.15, 0.2) is 30.5 Å². The fraction of sp³-hybridized carbons (Fsp3) is 0.308. The van der Waals surface area contributed by atoms with Gasteiger partial charge in [0.25, 0.3) is 5.91 Å². The van der Waals surface area contributed by atoms with Crippen LogP contribution in [0.5, 0.6) is 0 Å². The summed E-state index contributed by atoms with van der Waals surface area (Å²) in [5.41, 5.74) is 1.60. The average Bonchev–Trinajstić information content (AvgIpc) is 2.94. The molecule has 2 aromatic rings. The summed E-state index contributed by atoms with van der Waals surface area (Å²) in [5.74, 6) is -0.205. The predicted molar refractivity (Wildman–Crippen MR) is 65.9 cm³/mol. The Balaban J connectivity index is 2.02. The third kappa shape index (κ3) is 1.68. The minimum absolute atomic E-state index is 0.177. The zero-order valence-corrected chi connectivity index (χ0v) is 10.0. The molecule has 1 aromatic heterocycles. The van der Waals surface area contributed by atoms with E-state index < -0.39 is 6.10 Å². The largest absolute Gasteiger partial charge is 0.389 e. The number of benzene rings is 1. The molecule has 0 radical (unpaired) electrons. The lowest BCUT2D eigenvalue weighted by Gasteiger charge is -2.12. The minimum Gasteiger partial charge on any atom is -0.389 e. The van der Waals surface area contributed by atoms with Crippen LogP contribution in [0.2, 0.25) is 0 Å². The van der Waals surface area contributed by atoms with Gasteiger partial charge in [-0.15, -0.1) is 0 Å². The lowest BCUT2D eigenvalue weighted by Crippen LogP contribution is -2.28. The molecule has 1 N–H and O–H groups in total. The van der Waals surface area contributed by atoms with E-state index in [1.165, 1.54) is 5.06 Å². The van der Waals surface area contributed by atoms with Crippen molar-refractivity contribution in [3.05, 3.63) is 36.0 Å². The lowest BCUT2D eigenvalue weighted by molar-refractivity contribution is -0.0778. The highest BCUT2D eigenvalue weighted by Gasteiger charge is 2.28. The molecule has 1 amide bonds. The zero-order chi connectivity index (χ0) is 12.7. The van der Waals surface area contributed by atoms with Gasteiger partial charge in [-0.1, -0.05) is 18.2 Å². The predicted octanol–water partition coefficient (Wildman–Crippen LogP) is 0.927. The van der Waals surface area contributed by atoms with Crippen LogP contribution in [-0.2, 0) is 11.9 Å². The number of hydrogen-bond donors (Lipinski definition) is 1. The minimum atomic E-state index is -0.594. The Kier molecular flexibility index (Phi) is 2.57. The van der Waals surface area contributed by atoms with Gasteiger partial charge in [0.15, 0.2) is 0 Å². The molecule has 1 atom stereocenters. The van der Waals surface area contributed by atoms with E-state index in [2.05, 4.69) is 0 Å². The molecule has 94 valence electrons. The van der Waals surface area contributed by atoms with E-state index in [0.717, 1.165) is 10.9 Å². The topological polar surface area (TPSA) is 54.7 Å². The molecule has 1 saturated heterocycles. The monoisotopic (exact) mass is 246 g/mol. The number of hydroxylamine groups is 2. The van der Waals surface area contributed by atoms with E-state index in [0.29, 0.717) is 5.56 Å². The molecule has 1 aromatic carbocycles. The second-order valence-electron chi connectivity index (χ2n) is 4.49. The van der Waals surface area contributed by atoms with Gasteiger partial charge in [0.1, 0.15) is 12.7 Å². The van der Waals surface area contributed by atoms with Crippen molar-refractivity contribution in [1.29, 1.82) is 0 Å². The lowest BCUT2D eigenvalue weighted by atomic mass is 10.1. The fourth-order valence-corrected chi connectivity index (χ4v) is 2.26. The number of aliphatic hydroxyl groups excluding tert-OH is 1. The summed E-state index contributed by atoms with van der Waals surface area (Å²) in [7, 11) is 1.90. The number of carbonyl (C=O) groups is 1. The standard InChI is InChI=1S/C13H14N2O3/c1-14-7-11(10-4-2-3-5-12(10)14)13(17)15-6-9(16)8-18-15/h2-5,7,9,16H,6,8H2,1H3/t9-/m1/s1. The van der Waals surface area contributed by atoms with Crippen molar-refractivity contribution in [1.82, 2.24) is 9.63 Å². The van der Waals surface area contributed by atoms with Gasteiger partial charge in [-0.2, -0.15) is 0 Å². The number of fused-ring (bicyclic) bond motifs is 1. The maximum Gasteiger partial charge on any atom is 0.279 e. The van der Waals surface area contributed by atoms with Crippen LogP contribution in [0.4, 0.5) is 0 Å². The molecule has 0 aliphatic carbocycles. The highest BCUT2D eigenvalue weighted by atomic mass is 16.7. The third-order valence-corrected chi connectivity index (χ3v) is 3.15. The van der Waals surface area contributed by atoms with E-state index in [1.54, 1.807) is 6.20 Å². The maximum absolute atomic E-state index is 12.3. The molecule has 0 unspecified atom stereocenters. The SMILES string of the molecule is Cn1cc(C(=O)N2C[C@@H](O)CO2)c2ccccc21. The third-order valence-electron chi connectivity index (χ3n) is 3.15. The number of aliphatic hydroxyl groups is 1. The molecule has 1 aliphatic rings. The Morgan fingerprint density at radius 2 is 2.22 bits per heavy atom. The first-order valence-corrected chi connectivity index (χ1v) is 5.83. The zero-order valence-electron chi connectivity index (χ0n) is 10.0. The van der Waals surface area contributed by atoms with Crippen LogP contribution >= 0.6 is 0 Å². The van der Waals surface area contributed by atoms with Gasteiger partial charge in [0.05, 0.1) is 12.1 Å². The number of para-hydroxylation sites is 1. The van der Waals surface area contributed by atoms with Gasteiger partial charge in [-0.25, -0.2) is 5.06 Å². The van der Waals surface area contributed by atoms with Gasteiger partial charge >= 0.3 is 0 Å². The molecule has 2 heterocycles. The first-order chi connectivity index (χ1) is 8.66. The molecule has 0 spiro atoms. The van der Waals surface area contributed by atoms with E-state index in [1.807, 2.05) is 35.9 Å². The molecule has 18 heavy (non-hydrogen) atoms. The second kappa shape index (κ2) is 4.12. The van der Waals surface area contributed by atoms with Crippen molar-refractivity contribution in [2.24, 2.45) is 7.05 Å². The first-order valence-electron chi connectivity index (χ1n) is 5.83. The van der Waals surface area contributed by atoms with Gasteiger partial charge in [0.2, 0.25) is 0 Å². The van der Waals surface area contributed by atoms with Crippen LogP contribution in [0.3, 0.4) is 0 Å². The van der Waals surface area contributed by atoms with Crippen molar-refractivity contribution in [3.63, 3.8) is 0 Å². The Labute approximate surface area is 104 Å². The fourth-order valence-electron chi connectivity index (χ4n) is 2.26. The summed E-state index contributed by atoms with van der Waals surface area (Å²) in [6, 6.07) is 7.71. The van der Waals surface area contributed by atoms with Gasteiger partial charge in [0, 0.05) is 24.1 Å². The Bertz CT molecular complexity index is 605. The molecule has 5 nitrogen and oxygen atoms in total. The van der Waals surface area contributed by atoms with E-state index in [4.69, 9.17) is 4.84 Å². The van der Waals surface area contributed by atoms with Crippen molar-refractivity contribution < 1.29 is 14.7 Å². The Morgan fingerprint density at radius 3 is 2.94 bits per heavy atom.